The lowest BCUT2D eigenvalue weighted by molar-refractivity contribution is 0.668. The second-order valence-electron chi connectivity index (χ2n) is 37.5. The SMILES string of the molecule is c1ccc(-c2nc(-c3ccc4oc5ccccc5c4c3)nc(-n3c4ccccc4c4c5oc6ccccc6c5ccc43)n2)cc1.c1ccc2c(c1)oc1c(-c3nc(-c4cccc5c4oc4ccccc45)nc(-n4c5ccccc5c5ccc6c7ccccc7oc6c54)n3)cccc12.c1ccc2c(c1)oc1c(-c3nc(-c4cccc5c4sc4ccccc45)nc(-n4c5ccccc5c5c6oc7ccccc7c6ccc54)n3)cccc12. The van der Waals surface area contributed by atoms with E-state index in [2.05, 4.69) is 226 Å². The summed E-state index contributed by atoms with van der Waals surface area (Å²) in [6.07, 6.45) is 0. The Balaban J connectivity index is 0.0000000992. The Morgan fingerprint density at radius 3 is 0.953 bits per heavy atom. The lowest BCUT2D eigenvalue weighted by Gasteiger charge is -2.11. The van der Waals surface area contributed by atoms with Crippen molar-refractivity contribution in [1.29, 1.82) is 0 Å². The smallest absolute Gasteiger partial charge is 0.238 e. The quantitative estimate of drug-likeness (QED) is 0.131. The molecule has 0 saturated carbocycles. The van der Waals surface area contributed by atoms with Gasteiger partial charge in [-0.2, -0.15) is 29.9 Å². The molecule has 149 heavy (non-hydrogen) atoms. The lowest BCUT2D eigenvalue weighted by Crippen LogP contribution is -2.06. The molecule has 694 valence electrons. The fourth-order valence-corrected chi connectivity index (χ4v) is 23.8. The number of hydrogen-bond acceptors (Lipinski definition) is 17. The summed E-state index contributed by atoms with van der Waals surface area (Å²) in [5.74, 6) is 4.82. The van der Waals surface area contributed by atoms with Crippen molar-refractivity contribution in [2.24, 2.45) is 0 Å². The van der Waals surface area contributed by atoms with Crippen LogP contribution in [0.5, 0.6) is 0 Å². The Kier molecular flexibility index (Phi) is 17.7. The molecule has 0 bridgehead atoms. The number of rotatable bonds is 9. The van der Waals surface area contributed by atoms with Gasteiger partial charge in [-0.15, -0.1) is 11.3 Å². The maximum absolute atomic E-state index is 6.65. The molecule has 0 radical (unpaired) electrons. The molecular weight excluding hydrogens is 1860 g/mol. The topological polar surface area (TPSA) is 223 Å². The second-order valence-corrected chi connectivity index (χ2v) is 38.6. The summed E-state index contributed by atoms with van der Waals surface area (Å²) in [7, 11) is 0. The molecule has 34 aromatic rings. The minimum absolute atomic E-state index is 0.459. The van der Waals surface area contributed by atoms with Gasteiger partial charge in [0.1, 0.15) is 78.1 Å². The summed E-state index contributed by atoms with van der Waals surface area (Å²) in [6, 6.07) is 144. The molecule has 0 saturated heterocycles. The summed E-state index contributed by atoms with van der Waals surface area (Å²) in [5.41, 5.74) is 22.2. The Hall–Kier alpha value is -20.4. The van der Waals surface area contributed by atoms with Crippen molar-refractivity contribution in [3.8, 4) is 86.2 Å². The van der Waals surface area contributed by atoms with Gasteiger partial charge in [-0.05, 0) is 140 Å². The van der Waals surface area contributed by atoms with Gasteiger partial charge in [0.25, 0.3) is 0 Å². The number of para-hydroxylation sites is 13. The van der Waals surface area contributed by atoms with E-state index in [-0.39, 0.29) is 0 Å². The summed E-state index contributed by atoms with van der Waals surface area (Å²) >= 11 is 1.76. The highest BCUT2D eigenvalue weighted by Gasteiger charge is 2.31. The van der Waals surface area contributed by atoms with Crippen molar-refractivity contribution in [1.82, 2.24) is 58.6 Å². The molecule has 20 aromatic carbocycles. The molecule has 0 fully saturated rings. The van der Waals surface area contributed by atoms with Gasteiger partial charge >= 0.3 is 0 Å². The molecule has 19 nitrogen and oxygen atoms in total. The Labute approximate surface area is 845 Å². The first-order valence-corrected chi connectivity index (χ1v) is 50.1. The summed E-state index contributed by atoms with van der Waals surface area (Å²) in [4.78, 5) is 46.9. The van der Waals surface area contributed by atoms with Crippen molar-refractivity contribution < 1.29 is 30.9 Å². The van der Waals surface area contributed by atoms with E-state index in [4.69, 9.17) is 75.8 Å². The third-order valence-corrected chi connectivity index (χ3v) is 30.5. The first kappa shape index (κ1) is 82.2. The molecular formula is C129H70N12O7S. The standard InChI is InChI=1S/C45H24N4O3.C45H24N4O2S.C39H22N4O2/c1-5-19-35-25(11-1)29-23-24-32-28-14-4-8-22-38(28)52-42(32)39(29)49(35)45-47-43(33-17-9-15-30-26-12-2-6-20-36(26)50-40(30)33)46-44(48-45)34-18-10-16-31-27-13-3-7-21-37(27)51-41(31)34;1-5-19-34-31(14-1)39-35(24-23-29-26-12-3-7-21-37(26)51-41(29)39)49(34)45-47-43(32-17-9-15-28-25-11-2-6-20-36(25)50-40(28)32)46-44(48-45)33-18-10-16-30-27-13-4-8-22-38(27)52-42(30)33;1-2-10-23(11-3-1)37-40-38(24-18-21-34-29(22-24)26-13-6-8-16-32(26)44-34)42-39(41-37)43-30-15-7-4-14-28(30)35-31(43)20-19-27-25-12-5-9-17-33(25)45-36(27)35/h2*1-24H;1-22H. The van der Waals surface area contributed by atoms with Gasteiger partial charge in [0.2, 0.25) is 17.8 Å². The normalized spacial score (nSPS) is 12.2. The number of hydrogen-bond donors (Lipinski definition) is 0. The zero-order valence-corrected chi connectivity index (χ0v) is 79.4. The van der Waals surface area contributed by atoms with Crippen LogP contribution in [0.2, 0.25) is 0 Å². The van der Waals surface area contributed by atoms with Gasteiger partial charge in [0.05, 0.1) is 55.0 Å². The molecule has 0 aliphatic rings. The van der Waals surface area contributed by atoms with Gasteiger partial charge in [-0.25, -0.2) is 15.0 Å². The van der Waals surface area contributed by atoms with Crippen LogP contribution in [-0.2, 0) is 0 Å². The summed E-state index contributed by atoms with van der Waals surface area (Å²) in [5, 5.41) is 23.4. The van der Waals surface area contributed by atoms with E-state index in [9.17, 15) is 0 Å². The van der Waals surface area contributed by atoms with E-state index >= 15 is 0 Å². The molecule has 0 N–H and O–H groups in total. The van der Waals surface area contributed by atoms with Crippen LogP contribution >= 0.6 is 11.3 Å². The fourth-order valence-electron chi connectivity index (χ4n) is 22.6. The highest BCUT2D eigenvalue weighted by molar-refractivity contribution is 7.26. The molecule has 14 heterocycles. The molecule has 0 amide bonds. The van der Waals surface area contributed by atoms with Crippen molar-refractivity contribution in [2.75, 3.05) is 0 Å². The number of benzene rings is 20. The van der Waals surface area contributed by atoms with Crippen LogP contribution in [-0.4, -0.2) is 58.6 Å². The van der Waals surface area contributed by atoms with Crippen LogP contribution < -0.4 is 0 Å². The van der Waals surface area contributed by atoms with Crippen molar-refractivity contribution in [2.45, 2.75) is 0 Å². The van der Waals surface area contributed by atoms with Crippen LogP contribution in [0, 0.1) is 0 Å². The predicted octanol–water partition coefficient (Wildman–Crippen LogP) is 34.6. The third-order valence-electron chi connectivity index (χ3n) is 29.3. The van der Waals surface area contributed by atoms with E-state index < -0.39 is 0 Å². The van der Waals surface area contributed by atoms with Gasteiger partial charge in [-0.3, -0.25) is 13.7 Å². The van der Waals surface area contributed by atoms with E-state index in [0.29, 0.717) is 52.8 Å². The predicted molar refractivity (Wildman–Crippen MR) is 599 cm³/mol. The van der Waals surface area contributed by atoms with Gasteiger partial charge in [0.15, 0.2) is 40.5 Å². The van der Waals surface area contributed by atoms with Crippen LogP contribution in [0.1, 0.15) is 0 Å². The van der Waals surface area contributed by atoms with Crippen LogP contribution in [0.4, 0.5) is 0 Å². The van der Waals surface area contributed by atoms with Crippen molar-refractivity contribution in [3.63, 3.8) is 0 Å². The van der Waals surface area contributed by atoms with Crippen molar-refractivity contribution >= 4 is 250 Å². The van der Waals surface area contributed by atoms with E-state index in [1.54, 1.807) is 11.3 Å². The Morgan fingerprint density at radius 2 is 0.477 bits per heavy atom. The third kappa shape index (κ3) is 12.6. The minimum atomic E-state index is 0.459. The second kappa shape index (κ2) is 32.1. The van der Waals surface area contributed by atoms with Crippen LogP contribution in [0.25, 0.3) is 325 Å². The van der Waals surface area contributed by atoms with Gasteiger partial charge < -0.3 is 30.9 Å². The minimum Gasteiger partial charge on any atom is -0.456 e. The maximum Gasteiger partial charge on any atom is 0.238 e. The maximum atomic E-state index is 6.65. The molecule has 0 spiro atoms. The molecule has 34 rings (SSSR count). The lowest BCUT2D eigenvalue weighted by atomic mass is 10.1. The molecule has 20 heteroatoms. The van der Waals surface area contributed by atoms with Crippen LogP contribution in [0.15, 0.2) is 456 Å². The average molecular weight is 1930 g/mol. The Morgan fingerprint density at radius 1 is 0.168 bits per heavy atom. The van der Waals surface area contributed by atoms with E-state index in [1.165, 1.54) is 15.5 Å². The molecule has 0 atom stereocenters. The van der Waals surface area contributed by atoms with E-state index in [0.717, 1.165) is 257 Å². The zero-order valence-electron chi connectivity index (χ0n) is 78.5. The first-order valence-electron chi connectivity index (χ1n) is 49.3. The molecule has 0 aliphatic heterocycles. The monoisotopic (exact) mass is 1930 g/mol. The molecule has 14 aromatic heterocycles. The number of fused-ring (bicyclic) bond motifs is 36. The average Bonchev–Trinajstić information content (AvgIpc) is 1.56. The first-order chi connectivity index (χ1) is 73.9. The van der Waals surface area contributed by atoms with Gasteiger partial charge in [-0.1, -0.05) is 285 Å². The van der Waals surface area contributed by atoms with E-state index in [1.807, 2.05) is 212 Å². The highest BCUT2D eigenvalue weighted by Crippen LogP contribution is 2.50. The highest BCUT2D eigenvalue weighted by atomic mass is 32.1. The molecule has 0 aliphatic carbocycles. The number of aromatic nitrogens is 12. The zero-order chi connectivity index (χ0) is 97.3. The van der Waals surface area contributed by atoms with Crippen molar-refractivity contribution in [3.05, 3.63) is 425 Å². The summed E-state index contributed by atoms with van der Waals surface area (Å²) in [6.45, 7) is 0. The number of furan rings is 7. The molecule has 0 unspecified atom stereocenters. The van der Waals surface area contributed by atoms with Crippen LogP contribution in [0.3, 0.4) is 0 Å². The van der Waals surface area contributed by atoms with Gasteiger partial charge in [0, 0.05) is 134 Å². The fraction of sp³-hybridized carbons (Fsp3) is 0. The largest absolute Gasteiger partial charge is 0.456 e. The summed E-state index contributed by atoms with van der Waals surface area (Å²) < 4.78 is 54.1. The number of thiophene rings is 1. The number of nitrogens with zero attached hydrogens (tertiary/aromatic N) is 12. The Bertz CT molecular complexity index is 11400.